The van der Waals surface area contributed by atoms with Crippen molar-refractivity contribution in [1.29, 1.82) is 10.5 Å². The molecule has 2 aliphatic heterocycles. The van der Waals surface area contributed by atoms with Crippen LogP contribution in [0.15, 0.2) is 78.9 Å². The fourth-order valence-corrected chi connectivity index (χ4v) is 11.4. The van der Waals surface area contributed by atoms with Gasteiger partial charge in [0, 0.05) is 23.9 Å². The standard InChI is InChI=1S/C48H67N3O10P2/c1-11-43-36(7)47(44(59-43)31-54-48(38-17-13-12-14-18-38,39-19-23-41(52-9)24-20-39)40-21-25-42(53-10)26-22-40)61-63(56-30-16-28-50)57-32-45-46(35(6)37(8)58-45)60-62(55-29-15-27-49)51(33(2)3)34(4)5/h12-14,17-26,33-37,43-47H,11,15-16,29-32H2,1-10H3/t35-,36-,37+,43+,44-,45-,46-,47-,62?,63?/m1/s1. The number of rotatable bonds is 25. The Morgan fingerprint density at radius 3 is 1.70 bits per heavy atom. The van der Waals surface area contributed by atoms with Crippen LogP contribution < -0.4 is 9.47 Å². The zero-order valence-electron chi connectivity index (χ0n) is 38.5. The molecule has 63 heavy (non-hydrogen) atoms. The molecule has 0 aliphatic carbocycles. The Labute approximate surface area is 378 Å². The van der Waals surface area contributed by atoms with Crippen LogP contribution in [0.1, 0.15) is 91.3 Å². The van der Waals surface area contributed by atoms with Crippen LogP contribution in [0, 0.1) is 34.5 Å². The van der Waals surface area contributed by atoms with E-state index in [1.54, 1.807) is 14.2 Å². The van der Waals surface area contributed by atoms with Crippen molar-refractivity contribution in [2.75, 3.05) is 40.6 Å². The van der Waals surface area contributed by atoms with Gasteiger partial charge in [0.15, 0.2) is 0 Å². The third kappa shape index (κ3) is 12.8. The van der Waals surface area contributed by atoms with E-state index in [9.17, 15) is 10.5 Å². The molecule has 15 heteroatoms. The van der Waals surface area contributed by atoms with Crippen molar-refractivity contribution in [2.24, 2.45) is 11.8 Å². The highest BCUT2D eigenvalue weighted by atomic mass is 31.2. The average Bonchev–Trinajstić information content (AvgIpc) is 3.74. The second kappa shape index (κ2) is 24.9. The Balaban J connectivity index is 1.43. The Morgan fingerprint density at radius 1 is 0.651 bits per heavy atom. The van der Waals surface area contributed by atoms with Crippen molar-refractivity contribution >= 4 is 17.1 Å². The summed E-state index contributed by atoms with van der Waals surface area (Å²) in [6.07, 6.45) is -0.865. The molecular weight excluding hydrogens is 840 g/mol. The quantitative estimate of drug-likeness (QED) is 0.0452. The highest BCUT2D eigenvalue weighted by molar-refractivity contribution is 7.44. The van der Waals surface area contributed by atoms with Gasteiger partial charge < -0.3 is 46.3 Å². The molecule has 2 aliphatic rings. The minimum Gasteiger partial charge on any atom is -0.497 e. The van der Waals surface area contributed by atoms with E-state index in [1.165, 1.54) is 0 Å². The lowest BCUT2D eigenvalue weighted by molar-refractivity contribution is -0.0818. The zero-order chi connectivity index (χ0) is 45.5. The maximum Gasteiger partial charge on any atom is 0.333 e. The molecule has 2 heterocycles. The first-order valence-electron chi connectivity index (χ1n) is 22.1. The number of hydrogen-bond acceptors (Lipinski definition) is 13. The number of hydrogen-bond donors (Lipinski definition) is 0. The SMILES string of the molecule is CC[C@@H]1O[C@H](COC(c2ccccc2)(c2ccc(OC)cc2)c2ccc(OC)cc2)[C@H](OP(OCCC#N)OC[C@H]2O[C@@H](C)[C@@H](C)[C@H]2OP(OCCC#N)N(C(C)C)C(C)C)[C@@H]1C. The Bertz CT molecular complexity index is 1820. The van der Waals surface area contributed by atoms with E-state index >= 15 is 0 Å². The van der Waals surface area contributed by atoms with Gasteiger partial charge in [0.2, 0.25) is 0 Å². The van der Waals surface area contributed by atoms with E-state index in [4.69, 9.17) is 46.3 Å². The molecule has 0 amide bonds. The lowest BCUT2D eigenvalue weighted by Gasteiger charge is -2.38. The molecule has 10 atom stereocenters. The van der Waals surface area contributed by atoms with E-state index in [2.05, 4.69) is 77.4 Å². The summed E-state index contributed by atoms with van der Waals surface area (Å²) in [5.41, 5.74) is 1.68. The molecule has 0 aromatic heterocycles. The van der Waals surface area contributed by atoms with Gasteiger partial charge in [0.1, 0.15) is 35.4 Å². The molecule has 13 nitrogen and oxygen atoms in total. The summed E-state index contributed by atoms with van der Waals surface area (Å²) in [6, 6.07) is 30.7. The lowest BCUT2D eigenvalue weighted by atomic mass is 9.80. The van der Waals surface area contributed by atoms with Gasteiger partial charge in [-0.25, -0.2) is 4.67 Å². The Kier molecular flexibility index (Phi) is 20.0. The average molecular weight is 908 g/mol. The minimum atomic E-state index is -1.99. The van der Waals surface area contributed by atoms with Crippen LogP contribution in [0.2, 0.25) is 0 Å². The summed E-state index contributed by atoms with van der Waals surface area (Å²) in [4.78, 5) is 0. The third-order valence-corrected chi connectivity index (χ3v) is 15.0. The molecule has 0 saturated carbocycles. The van der Waals surface area contributed by atoms with Crippen LogP contribution >= 0.6 is 17.1 Å². The Hall–Kier alpha value is -3.26. The number of methoxy groups -OCH3 is 2. The van der Waals surface area contributed by atoms with E-state index < -0.39 is 41.0 Å². The smallest absolute Gasteiger partial charge is 0.333 e. The van der Waals surface area contributed by atoms with Gasteiger partial charge in [0.05, 0.1) is 83.9 Å². The van der Waals surface area contributed by atoms with Gasteiger partial charge in [-0.15, -0.1) is 0 Å². The fraction of sp³-hybridized carbons (Fsp3) is 0.583. The van der Waals surface area contributed by atoms with Crippen LogP contribution in [-0.4, -0.2) is 94.0 Å². The third-order valence-electron chi connectivity index (χ3n) is 11.7. The number of nitriles is 2. The predicted octanol–water partition coefficient (Wildman–Crippen LogP) is 10.5. The Morgan fingerprint density at radius 2 is 1.17 bits per heavy atom. The number of nitrogens with zero attached hydrogens (tertiary/aromatic N) is 3. The molecule has 5 rings (SSSR count). The summed E-state index contributed by atoms with van der Waals surface area (Å²) in [7, 11) is -0.216. The molecule has 0 spiro atoms. The molecule has 2 unspecified atom stereocenters. The first-order valence-corrected chi connectivity index (χ1v) is 24.3. The number of benzene rings is 3. The van der Waals surface area contributed by atoms with Crippen molar-refractivity contribution in [2.45, 2.75) is 129 Å². The second-order valence-electron chi connectivity index (χ2n) is 16.5. The first-order chi connectivity index (χ1) is 30.4. The van der Waals surface area contributed by atoms with Crippen LogP contribution in [0.5, 0.6) is 11.5 Å². The lowest BCUT2D eigenvalue weighted by Crippen LogP contribution is -2.39. The van der Waals surface area contributed by atoms with Crippen molar-refractivity contribution in [3.8, 4) is 23.6 Å². The summed E-state index contributed by atoms with van der Waals surface area (Å²) in [6.45, 7) is 17.5. The van der Waals surface area contributed by atoms with E-state index in [0.717, 1.165) is 34.6 Å². The van der Waals surface area contributed by atoms with Gasteiger partial charge in [-0.1, -0.05) is 75.4 Å². The zero-order valence-corrected chi connectivity index (χ0v) is 40.3. The van der Waals surface area contributed by atoms with Crippen molar-refractivity contribution in [3.63, 3.8) is 0 Å². The maximum atomic E-state index is 9.46. The second-order valence-corrected chi connectivity index (χ2v) is 19.1. The monoisotopic (exact) mass is 907 g/mol. The number of ether oxygens (including phenoxy) is 5. The van der Waals surface area contributed by atoms with Gasteiger partial charge in [-0.3, -0.25) is 0 Å². The van der Waals surface area contributed by atoms with Crippen LogP contribution in [-0.2, 0) is 42.4 Å². The van der Waals surface area contributed by atoms with Crippen LogP contribution in [0.25, 0.3) is 0 Å². The van der Waals surface area contributed by atoms with Crippen molar-refractivity contribution < 1.29 is 46.3 Å². The first kappa shape index (κ1) is 50.7. The molecule has 344 valence electrons. The van der Waals surface area contributed by atoms with Crippen molar-refractivity contribution in [3.05, 3.63) is 95.6 Å². The molecule has 3 aromatic carbocycles. The van der Waals surface area contributed by atoms with Gasteiger partial charge in [-0.2, -0.15) is 10.5 Å². The predicted molar refractivity (Wildman–Crippen MR) is 244 cm³/mol. The maximum absolute atomic E-state index is 9.46. The van der Waals surface area contributed by atoms with Gasteiger partial charge >= 0.3 is 8.60 Å². The van der Waals surface area contributed by atoms with Crippen LogP contribution in [0.4, 0.5) is 0 Å². The molecule has 3 aromatic rings. The molecule has 0 N–H and O–H groups in total. The highest BCUT2D eigenvalue weighted by Crippen LogP contribution is 2.52. The highest BCUT2D eigenvalue weighted by Gasteiger charge is 2.48. The topological polar surface area (TPSA) is 143 Å². The summed E-state index contributed by atoms with van der Waals surface area (Å²) in [5, 5.41) is 18.7. The van der Waals surface area contributed by atoms with E-state index in [1.807, 2.05) is 73.7 Å². The summed E-state index contributed by atoms with van der Waals surface area (Å²) >= 11 is 0. The summed E-state index contributed by atoms with van der Waals surface area (Å²) < 4.78 is 66.7. The normalized spacial score (nSPS) is 24.7. The molecule has 2 saturated heterocycles. The molecular formula is C48H67N3O10P2. The minimum absolute atomic E-state index is 0.0207. The van der Waals surface area contributed by atoms with E-state index in [-0.39, 0.29) is 81.5 Å². The molecule has 2 fully saturated rings. The van der Waals surface area contributed by atoms with Gasteiger partial charge in [0.25, 0.3) is 8.53 Å². The van der Waals surface area contributed by atoms with E-state index in [0.29, 0.717) is 0 Å². The van der Waals surface area contributed by atoms with Crippen LogP contribution in [0.3, 0.4) is 0 Å². The molecule has 0 bridgehead atoms. The molecule has 0 radical (unpaired) electrons. The fourth-order valence-electron chi connectivity index (χ4n) is 8.30. The van der Waals surface area contributed by atoms with Gasteiger partial charge in [-0.05, 0) is 82.0 Å². The summed E-state index contributed by atoms with van der Waals surface area (Å²) in [5.74, 6) is 1.44. The largest absolute Gasteiger partial charge is 0.497 e. The van der Waals surface area contributed by atoms with Crippen molar-refractivity contribution in [1.82, 2.24) is 4.67 Å².